The van der Waals surface area contributed by atoms with Crippen LogP contribution in [-0.2, 0) is 21.2 Å². The maximum Gasteiger partial charge on any atom is 0.238 e. The van der Waals surface area contributed by atoms with Crippen molar-refractivity contribution in [3.8, 4) is 0 Å². The lowest BCUT2D eigenvalue weighted by atomic mass is 10.2. The number of nitrogens with one attached hydrogen (secondary N) is 1. The molecule has 0 aliphatic heterocycles. The lowest BCUT2D eigenvalue weighted by Gasteiger charge is -2.07. The van der Waals surface area contributed by atoms with Gasteiger partial charge in [0.2, 0.25) is 15.9 Å². The molecule has 112 valence electrons. The number of benzene rings is 1. The fourth-order valence-electron chi connectivity index (χ4n) is 1.71. The highest BCUT2D eigenvalue weighted by Gasteiger charge is 2.12. The highest BCUT2D eigenvalue weighted by Crippen LogP contribution is 2.17. The number of aryl methyl sites for hydroxylation is 1. The number of carbonyl (C=O) groups excluding carboxylic acids is 1. The van der Waals surface area contributed by atoms with Gasteiger partial charge >= 0.3 is 0 Å². The minimum Gasteiger partial charge on any atom is -0.469 e. The predicted octanol–water partition coefficient (Wildman–Crippen LogP) is 1.64. The summed E-state index contributed by atoms with van der Waals surface area (Å²) in [5.74, 6) is -0.546. The summed E-state index contributed by atoms with van der Waals surface area (Å²) in [4.78, 5) is 11.3. The molecule has 3 N–H and O–H groups in total. The quantitative estimate of drug-likeness (QED) is 0.876. The van der Waals surface area contributed by atoms with Crippen LogP contribution in [0.1, 0.15) is 12.2 Å². The van der Waals surface area contributed by atoms with Gasteiger partial charge in [0.05, 0.1) is 11.2 Å². The van der Waals surface area contributed by atoms with E-state index in [0.717, 1.165) is 18.2 Å². The summed E-state index contributed by atoms with van der Waals surface area (Å²) < 4.78 is 40.8. The zero-order valence-electron chi connectivity index (χ0n) is 10.9. The fraction of sp³-hybridized carbons (Fsp3) is 0.154. The first kappa shape index (κ1) is 15.2. The molecule has 0 spiro atoms. The molecular formula is C13H13FN2O4S. The van der Waals surface area contributed by atoms with Gasteiger partial charge in [-0.1, -0.05) is 0 Å². The number of hydrogen-bond donors (Lipinski definition) is 2. The Hall–Kier alpha value is -2.19. The van der Waals surface area contributed by atoms with E-state index in [1.165, 1.54) is 6.26 Å². The molecule has 0 saturated heterocycles. The normalized spacial score (nSPS) is 11.3. The Morgan fingerprint density at radius 1 is 1.33 bits per heavy atom. The Kier molecular flexibility index (Phi) is 4.39. The van der Waals surface area contributed by atoms with Crippen LogP contribution in [0.3, 0.4) is 0 Å². The number of rotatable bonds is 5. The van der Waals surface area contributed by atoms with Crippen molar-refractivity contribution < 1.29 is 22.0 Å². The molecule has 1 aromatic carbocycles. The molecule has 0 aliphatic rings. The van der Waals surface area contributed by atoms with Crippen LogP contribution in [0, 0.1) is 5.82 Å². The minimum absolute atomic E-state index is 0.0310. The molecule has 0 saturated carbocycles. The Morgan fingerprint density at radius 3 is 2.71 bits per heavy atom. The van der Waals surface area contributed by atoms with Crippen LogP contribution in [0.15, 0.2) is 45.9 Å². The van der Waals surface area contributed by atoms with Crippen LogP contribution in [0.5, 0.6) is 0 Å². The van der Waals surface area contributed by atoms with E-state index in [2.05, 4.69) is 5.32 Å². The second-order valence-electron chi connectivity index (χ2n) is 4.35. The van der Waals surface area contributed by atoms with Gasteiger partial charge in [0.1, 0.15) is 11.6 Å². The molecule has 1 amide bonds. The maximum atomic E-state index is 13.3. The number of halogens is 1. The third-order valence-electron chi connectivity index (χ3n) is 2.66. The standard InChI is InChI=1S/C13H13FN2O4S/c14-9-6-10(8-12(7-9)21(15,18)19)16-13(17)4-3-11-2-1-5-20-11/h1-2,5-8H,3-4H2,(H,16,17)(H2,15,18,19). The van der Waals surface area contributed by atoms with E-state index in [0.29, 0.717) is 12.2 Å². The van der Waals surface area contributed by atoms with E-state index in [9.17, 15) is 17.6 Å². The van der Waals surface area contributed by atoms with E-state index in [-0.39, 0.29) is 12.1 Å². The van der Waals surface area contributed by atoms with Crippen molar-refractivity contribution in [2.24, 2.45) is 5.14 Å². The van der Waals surface area contributed by atoms with Crippen LogP contribution < -0.4 is 10.5 Å². The zero-order valence-corrected chi connectivity index (χ0v) is 11.7. The summed E-state index contributed by atoms with van der Waals surface area (Å²) >= 11 is 0. The summed E-state index contributed by atoms with van der Waals surface area (Å²) in [6.45, 7) is 0. The second-order valence-corrected chi connectivity index (χ2v) is 5.91. The number of anilines is 1. The third-order valence-corrected chi connectivity index (χ3v) is 3.55. The first-order chi connectivity index (χ1) is 9.84. The average Bonchev–Trinajstić information content (AvgIpc) is 2.87. The van der Waals surface area contributed by atoms with Crippen LogP contribution in [-0.4, -0.2) is 14.3 Å². The number of sulfonamides is 1. The number of hydrogen-bond acceptors (Lipinski definition) is 4. The van der Waals surface area contributed by atoms with E-state index < -0.39 is 26.6 Å². The summed E-state index contributed by atoms with van der Waals surface area (Å²) in [6.07, 6.45) is 2.00. The van der Waals surface area contributed by atoms with Gasteiger partial charge in [0.15, 0.2) is 0 Å². The van der Waals surface area contributed by atoms with Gasteiger partial charge in [0, 0.05) is 18.5 Å². The van der Waals surface area contributed by atoms with Gasteiger partial charge in [0.25, 0.3) is 0 Å². The lowest BCUT2D eigenvalue weighted by molar-refractivity contribution is -0.116. The molecule has 1 aromatic heterocycles. The molecule has 6 nitrogen and oxygen atoms in total. The zero-order chi connectivity index (χ0) is 15.5. The van der Waals surface area contributed by atoms with Crippen molar-refractivity contribution in [2.45, 2.75) is 17.7 Å². The Balaban J connectivity index is 2.05. The molecule has 21 heavy (non-hydrogen) atoms. The SMILES string of the molecule is NS(=O)(=O)c1cc(F)cc(NC(=O)CCc2ccco2)c1. The van der Waals surface area contributed by atoms with E-state index in [1.54, 1.807) is 12.1 Å². The van der Waals surface area contributed by atoms with Gasteiger partial charge < -0.3 is 9.73 Å². The molecular weight excluding hydrogens is 299 g/mol. The first-order valence-corrected chi connectivity index (χ1v) is 7.55. The molecule has 0 bridgehead atoms. The van der Waals surface area contributed by atoms with Crippen LogP contribution in [0.25, 0.3) is 0 Å². The van der Waals surface area contributed by atoms with Gasteiger partial charge in [-0.25, -0.2) is 17.9 Å². The fourth-order valence-corrected chi connectivity index (χ4v) is 2.28. The predicted molar refractivity (Wildman–Crippen MR) is 73.4 cm³/mol. The highest BCUT2D eigenvalue weighted by atomic mass is 32.2. The average molecular weight is 312 g/mol. The molecule has 0 aliphatic carbocycles. The summed E-state index contributed by atoms with van der Waals surface area (Å²) in [5.41, 5.74) is 0.0310. The van der Waals surface area contributed by atoms with Crippen LogP contribution >= 0.6 is 0 Å². The number of amides is 1. The molecule has 1 heterocycles. The molecule has 0 radical (unpaired) electrons. The number of primary sulfonamides is 1. The van der Waals surface area contributed by atoms with Gasteiger partial charge in [-0.3, -0.25) is 4.79 Å². The Labute approximate surface area is 120 Å². The third kappa shape index (κ3) is 4.40. The number of nitrogens with two attached hydrogens (primary N) is 1. The summed E-state index contributed by atoms with van der Waals surface area (Å²) in [7, 11) is -4.04. The summed E-state index contributed by atoms with van der Waals surface area (Å²) in [5, 5.41) is 7.35. The Morgan fingerprint density at radius 2 is 2.10 bits per heavy atom. The number of furan rings is 1. The highest BCUT2D eigenvalue weighted by molar-refractivity contribution is 7.89. The van der Waals surface area contributed by atoms with Crippen LogP contribution in [0.2, 0.25) is 0 Å². The van der Waals surface area contributed by atoms with Gasteiger partial charge in [-0.15, -0.1) is 0 Å². The molecule has 0 fully saturated rings. The first-order valence-electron chi connectivity index (χ1n) is 6.00. The van der Waals surface area contributed by atoms with Gasteiger partial charge in [-0.05, 0) is 30.3 Å². The van der Waals surface area contributed by atoms with Gasteiger partial charge in [-0.2, -0.15) is 0 Å². The van der Waals surface area contributed by atoms with E-state index in [1.807, 2.05) is 0 Å². The minimum atomic E-state index is -4.04. The smallest absolute Gasteiger partial charge is 0.238 e. The van der Waals surface area contributed by atoms with Crippen molar-refractivity contribution in [3.63, 3.8) is 0 Å². The molecule has 8 heteroatoms. The lowest BCUT2D eigenvalue weighted by Crippen LogP contribution is -2.15. The topological polar surface area (TPSA) is 102 Å². The molecule has 2 rings (SSSR count). The van der Waals surface area contributed by atoms with E-state index >= 15 is 0 Å². The van der Waals surface area contributed by atoms with Crippen LogP contribution in [0.4, 0.5) is 10.1 Å². The van der Waals surface area contributed by atoms with Crippen molar-refractivity contribution in [2.75, 3.05) is 5.32 Å². The number of carbonyl (C=O) groups is 1. The molecule has 2 aromatic rings. The Bertz CT molecular complexity index is 742. The summed E-state index contributed by atoms with van der Waals surface area (Å²) in [6, 6.07) is 6.34. The molecule has 0 unspecified atom stereocenters. The monoisotopic (exact) mass is 312 g/mol. The maximum absolute atomic E-state index is 13.3. The van der Waals surface area contributed by atoms with Crippen molar-refractivity contribution in [1.29, 1.82) is 0 Å². The largest absolute Gasteiger partial charge is 0.469 e. The molecule has 0 atom stereocenters. The van der Waals surface area contributed by atoms with E-state index in [4.69, 9.17) is 9.56 Å². The second kappa shape index (κ2) is 6.06. The van der Waals surface area contributed by atoms with Crippen molar-refractivity contribution >= 4 is 21.6 Å². The van der Waals surface area contributed by atoms with Crippen molar-refractivity contribution in [3.05, 3.63) is 48.2 Å². The van der Waals surface area contributed by atoms with Crippen molar-refractivity contribution in [1.82, 2.24) is 0 Å².